The molecular formula is C13H19F2NO. The van der Waals surface area contributed by atoms with Gasteiger partial charge in [0.05, 0.1) is 11.6 Å². The third-order valence-corrected chi connectivity index (χ3v) is 3.08. The first kappa shape index (κ1) is 14.1. The van der Waals surface area contributed by atoms with Crippen molar-refractivity contribution in [1.82, 2.24) is 0 Å². The Morgan fingerprint density at radius 1 is 1.24 bits per heavy atom. The molecule has 2 atom stereocenters. The summed E-state index contributed by atoms with van der Waals surface area (Å²) in [4.78, 5) is 0. The van der Waals surface area contributed by atoms with E-state index in [1.807, 2.05) is 20.8 Å². The Bertz CT molecular complexity index is 363. The van der Waals surface area contributed by atoms with E-state index >= 15 is 0 Å². The number of hydrogen-bond donors (Lipinski definition) is 1. The van der Waals surface area contributed by atoms with Crippen LogP contribution >= 0.6 is 0 Å². The predicted molar refractivity (Wildman–Crippen MR) is 63.6 cm³/mol. The van der Waals surface area contributed by atoms with Gasteiger partial charge in [0.15, 0.2) is 0 Å². The molecule has 1 rings (SSSR count). The summed E-state index contributed by atoms with van der Waals surface area (Å²) in [5, 5.41) is 0. The van der Waals surface area contributed by atoms with Crippen molar-refractivity contribution in [3.8, 4) is 0 Å². The lowest BCUT2D eigenvalue weighted by atomic mass is 9.88. The fourth-order valence-corrected chi connectivity index (χ4v) is 1.85. The highest BCUT2D eigenvalue weighted by atomic mass is 19.1. The third-order valence-electron chi connectivity index (χ3n) is 3.08. The Morgan fingerprint density at radius 3 is 2.18 bits per heavy atom. The van der Waals surface area contributed by atoms with Crippen LogP contribution in [0.2, 0.25) is 0 Å². The molecule has 0 bridgehead atoms. The van der Waals surface area contributed by atoms with Gasteiger partial charge in [-0.3, -0.25) is 0 Å². The first-order valence-electron chi connectivity index (χ1n) is 5.78. The highest BCUT2D eigenvalue weighted by Gasteiger charge is 2.32. The van der Waals surface area contributed by atoms with E-state index < -0.39 is 23.3 Å². The van der Waals surface area contributed by atoms with E-state index in [0.717, 1.165) is 6.07 Å². The largest absolute Gasteiger partial charge is 0.374 e. The molecule has 0 saturated carbocycles. The molecule has 96 valence electrons. The maximum Gasteiger partial charge on any atom is 0.126 e. The van der Waals surface area contributed by atoms with Gasteiger partial charge in [0.25, 0.3) is 0 Å². The van der Waals surface area contributed by atoms with E-state index in [2.05, 4.69) is 0 Å². The fourth-order valence-electron chi connectivity index (χ4n) is 1.85. The molecule has 2 N–H and O–H groups in total. The molecule has 17 heavy (non-hydrogen) atoms. The lowest BCUT2D eigenvalue weighted by Gasteiger charge is -2.34. The van der Waals surface area contributed by atoms with Gasteiger partial charge in [-0.2, -0.15) is 0 Å². The highest BCUT2D eigenvalue weighted by molar-refractivity contribution is 5.23. The molecule has 0 radical (unpaired) electrons. The van der Waals surface area contributed by atoms with Gasteiger partial charge in [-0.15, -0.1) is 0 Å². The fraction of sp³-hybridized carbons (Fsp3) is 0.538. The van der Waals surface area contributed by atoms with Crippen LogP contribution in [0.15, 0.2) is 18.2 Å². The second-order valence-electron chi connectivity index (χ2n) is 4.28. The quantitative estimate of drug-likeness (QED) is 0.862. The van der Waals surface area contributed by atoms with Gasteiger partial charge in [0.1, 0.15) is 11.6 Å². The Morgan fingerprint density at radius 2 is 1.76 bits per heavy atom. The van der Waals surface area contributed by atoms with Crippen molar-refractivity contribution in [3.63, 3.8) is 0 Å². The lowest BCUT2D eigenvalue weighted by Crippen LogP contribution is -2.40. The van der Waals surface area contributed by atoms with Crippen LogP contribution in [0.3, 0.4) is 0 Å². The SMILES string of the molecule is CCOC(C)(CC)C(N)c1cc(F)cc(F)c1. The van der Waals surface area contributed by atoms with Crippen molar-refractivity contribution in [1.29, 1.82) is 0 Å². The average Bonchev–Trinajstić information content (AvgIpc) is 2.27. The molecule has 0 aliphatic rings. The van der Waals surface area contributed by atoms with E-state index in [1.54, 1.807) is 0 Å². The lowest BCUT2D eigenvalue weighted by molar-refractivity contribution is -0.0473. The summed E-state index contributed by atoms with van der Waals surface area (Å²) in [6, 6.07) is 2.78. The van der Waals surface area contributed by atoms with Crippen LogP contribution in [0.1, 0.15) is 38.8 Å². The molecule has 2 nitrogen and oxygen atoms in total. The van der Waals surface area contributed by atoms with Crippen LogP contribution in [-0.2, 0) is 4.74 Å². The molecule has 1 aromatic carbocycles. The maximum absolute atomic E-state index is 13.1. The topological polar surface area (TPSA) is 35.2 Å². The summed E-state index contributed by atoms with van der Waals surface area (Å²) < 4.78 is 31.9. The Labute approximate surface area is 101 Å². The normalized spacial score (nSPS) is 16.6. The second-order valence-corrected chi connectivity index (χ2v) is 4.28. The number of benzene rings is 1. The summed E-state index contributed by atoms with van der Waals surface area (Å²) in [6.45, 7) is 6.16. The van der Waals surface area contributed by atoms with Crippen LogP contribution in [0.4, 0.5) is 8.78 Å². The smallest absolute Gasteiger partial charge is 0.126 e. The molecule has 0 amide bonds. The van der Waals surface area contributed by atoms with Crippen LogP contribution < -0.4 is 5.73 Å². The molecule has 0 aromatic heterocycles. The number of hydrogen-bond acceptors (Lipinski definition) is 2. The van der Waals surface area contributed by atoms with Crippen molar-refractivity contribution >= 4 is 0 Å². The predicted octanol–water partition coefficient (Wildman–Crippen LogP) is 3.17. The van der Waals surface area contributed by atoms with E-state index in [1.165, 1.54) is 12.1 Å². The zero-order valence-electron chi connectivity index (χ0n) is 10.5. The minimum absolute atomic E-state index is 0.417. The van der Waals surface area contributed by atoms with Gasteiger partial charge in [-0.05, 0) is 38.0 Å². The molecule has 0 fully saturated rings. The van der Waals surface area contributed by atoms with Crippen molar-refractivity contribution < 1.29 is 13.5 Å². The van der Waals surface area contributed by atoms with Crippen LogP contribution in [-0.4, -0.2) is 12.2 Å². The molecule has 0 aliphatic heterocycles. The molecule has 0 spiro atoms. The Hall–Kier alpha value is -1.00. The summed E-state index contributed by atoms with van der Waals surface area (Å²) in [6.07, 6.45) is 0.667. The van der Waals surface area contributed by atoms with E-state index in [0.29, 0.717) is 18.6 Å². The Balaban J connectivity index is 3.05. The number of halogens is 2. The summed E-state index contributed by atoms with van der Waals surface area (Å²) in [5.74, 6) is -1.24. The molecule has 4 heteroatoms. The minimum atomic E-state index is -0.620. The number of ether oxygens (including phenoxy) is 1. The first-order chi connectivity index (χ1) is 7.92. The van der Waals surface area contributed by atoms with Crippen LogP contribution in [0, 0.1) is 11.6 Å². The van der Waals surface area contributed by atoms with E-state index in [4.69, 9.17) is 10.5 Å². The van der Waals surface area contributed by atoms with Crippen molar-refractivity contribution in [3.05, 3.63) is 35.4 Å². The van der Waals surface area contributed by atoms with Crippen molar-refractivity contribution in [2.75, 3.05) is 6.61 Å². The van der Waals surface area contributed by atoms with Gasteiger partial charge in [-0.1, -0.05) is 6.92 Å². The molecule has 0 aliphatic carbocycles. The van der Waals surface area contributed by atoms with Crippen molar-refractivity contribution in [2.24, 2.45) is 5.73 Å². The number of rotatable bonds is 5. The van der Waals surface area contributed by atoms with Crippen LogP contribution in [0.5, 0.6) is 0 Å². The molecule has 2 unspecified atom stereocenters. The van der Waals surface area contributed by atoms with Gasteiger partial charge in [-0.25, -0.2) is 8.78 Å². The molecule has 1 aromatic rings. The van der Waals surface area contributed by atoms with E-state index in [-0.39, 0.29) is 0 Å². The summed E-state index contributed by atoms with van der Waals surface area (Å²) >= 11 is 0. The van der Waals surface area contributed by atoms with Crippen LogP contribution in [0.25, 0.3) is 0 Å². The van der Waals surface area contributed by atoms with E-state index in [9.17, 15) is 8.78 Å². The minimum Gasteiger partial charge on any atom is -0.374 e. The third kappa shape index (κ3) is 3.23. The van der Waals surface area contributed by atoms with Gasteiger partial charge < -0.3 is 10.5 Å². The monoisotopic (exact) mass is 243 g/mol. The van der Waals surface area contributed by atoms with Gasteiger partial charge in [0.2, 0.25) is 0 Å². The Kier molecular flexibility index (Phi) is 4.60. The first-order valence-corrected chi connectivity index (χ1v) is 5.78. The van der Waals surface area contributed by atoms with Gasteiger partial charge in [0, 0.05) is 12.7 Å². The zero-order chi connectivity index (χ0) is 13.1. The standard InChI is InChI=1S/C13H19F2NO/c1-4-13(3,17-5-2)12(16)9-6-10(14)8-11(15)7-9/h6-8,12H,4-5,16H2,1-3H3. The summed E-state index contributed by atoms with van der Waals surface area (Å²) in [5.41, 5.74) is 5.85. The highest BCUT2D eigenvalue weighted by Crippen LogP contribution is 2.30. The van der Waals surface area contributed by atoms with Crippen molar-refractivity contribution in [2.45, 2.75) is 38.8 Å². The maximum atomic E-state index is 13.1. The second kappa shape index (κ2) is 5.56. The molecule has 0 heterocycles. The molecular weight excluding hydrogens is 224 g/mol. The number of nitrogens with two attached hydrogens (primary N) is 1. The van der Waals surface area contributed by atoms with Gasteiger partial charge >= 0.3 is 0 Å². The zero-order valence-corrected chi connectivity index (χ0v) is 10.5. The summed E-state index contributed by atoms with van der Waals surface area (Å²) in [7, 11) is 0. The molecule has 0 saturated heterocycles. The average molecular weight is 243 g/mol.